The quantitative estimate of drug-likeness (QED) is 0.554. The second-order valence-corrected chi connectivity index (χ2v) is 6.48. The van der Waals surface area contributed by atoms with Crippen LogP contribution in [0.1, 0.15) is 10.4 Å². The van der Waals surface area contributed by atoms with Crippen LogP contribution in [-0.2, 0) is 0 Å². The highest BCUT2D eigenvalue weighted by atomic mass is 32.2. The lowest BCUT2D eigenvalue weighted by atomic mass is 10.1. The maximum atomic E-state index is 12.7. The van der Waals surface area contributed by atoms with Crippen molar-refractivity contribution in [1.29, 1.82) is 0 Å². The predicted molar refractivity (Wildman–Crippen MR) is 68.9 cm³/mol. The van der Waals surface area contributed by atoms with Crippen molar-refractivity contribution in [1.82, 2.24) is 0 Å². The minimum atomic E-state index is -5.13. The van der Waals surface area contributed by atoms with Crippen LogP contribution in [0.2, 0.25) is 0 Å². The molecule has 1 aliphatic heterocycles. The number of alkyl halides is 6. The topological polar surface area (TPSA) is 17.1 Å². The fourth-order valence-electron chi connectivity index (χ4n) is 1.58. The zero-order valence-corrected chi connectivity index (χ0v) is 11.6. The number of benzene rings is 1. The lowest BCUT2D eigenvalue weighted by molar-refractivity contribution is -0.103. The van der Waals surface area contributed by atoms with Crippen molar-refractivity contribution < 1.29 is 31.1 Å². The largest absolute Gasteiger partial charge is 0.423 e. The third-order valence-electron chi connectivity index (χ3n) is 2.44. The molecular formula is C12H6F6OS2. The van der Waals surface area contributed by atoms with E-state index in [1.807, 2.05) is 0 Å². The lowest BCUT2D eigenvalue weighted by Gasteiger charge is -2.11. The van der Waals surface area contributed by atoms with E-state index in [9.17, 15) is 31.1 Å². The van der Waals surface area contributed by atoms with Gasteiger partial charge in [0.15, 0.2) is 5.78 Å². The normalized spacial score (nSPS) is 17.4. The van der Waals surface area contributed by atoms with Crippen molar-refractivity contribution in [3.8, 4) is 0 Å². The third-order valence-corrected chi connectivity index (χ3v) is 5.35. The molecule has 0 bridgehead atoms. The van der Waals surface area contributed by atoms with Crippen LogP contribution >= 0.6 is 23.5 Å². The van der Waals surface area contributed by atoms with E-state index in [0.29, 0.717) is 0 Å². The Hall–Kier alpha value is -1.09. The molecule has 2 rings (SSSR count). The molecule has 0 saturated carbocycles. The summed E-state index contributed by atoms with van der Waals surface area (Å²) in [6.07, 6.45) is -10.3. The summed E-state index contributed by atoms with van der Waals surface area (Å²) in [5.41, 5.74) is 0.0763. The van der Waals surface area contributed by atoms with Crippen molar-refractivity contribution in [2.75, 3.05) is 0 Å². The molecule has 21 heavy (non-hydrogen) atoms. The Morgan fingerprint density at radius 2 is 1.29 bits per heavy atom. The molecule has 0 amide bonds. The Labute approximate surface area is 123 Å². The van der Waals surface area contributed by atoms with Crippen LogP contribution in [0, 0.1) is 0 Å². The highest BCUT2D eigenvalue weighted by Gasteiger charge is 2.53. The molecule has 114 valence electrons. The molecule has 0 atom stereocenters. The van der Waals surface area contributed by atoms with Crippen molar-refractivity contribution >= 4 is 29.3 Å². The molecule has 0 unspecified atom stereocenters. The SMILES string of the molecule is O=C(c1ccccc1)C1SC(C(F)(F)F)=C(C(F)(F)F)S1. The number of carbonyl (C=O) groups excluding carboxylic acids is 1. The number of allylic oxidation sites excluding steroid dienone is 2. The van der Waals surface area contributed by atoms with Crippen LogP contribution in [0.5, 0.6) is 0 Å². The number of ketones is 1. The lowest BCUT2D eigenvalue weighted by Crippen LogP contribution is -2.16. The zero-order valence-electron chi connectivity index (χ0n) is 9.96. The van der Waals surface area contributed by atoms with Crippen LogP contribution in [0.25, 0.3) is 0 Å². The van der Waals surface area contributed by atoms with Gasteiger partial charge in [0.2, 0.25) is 0 Å². The van der Waals surface area contributed by atoms with Gasteiger partial charge < -0.3 is 0 Å². The van der Waals surface area contributed by atoms with Gasteiger partial charge in [-0.1, -0.05) is 53.9 Å². The van der Waals surface area contributed by atoms with Crippen molar-refractivity contribution in [3.63, 3.8) is 0 Å². The summed E-state index contributed by atoms with van der Waals surface area (Å²) in [5.74, 6) is -0.772. The molecule has 0 aromatic heterocycles. The average Bonchev–Trinajstić information content (AvgIpc) is 2.84. The van der Waals surface area contributed by atoms with Crippen LogP contribution in [0.15, 0.2) is 40.1 Å². The molecule has 1 nitrogen and oxygen atoms in total. The molecule has 0 N–H and O–H groups in total. The van der Waals surface area contributed by atoms with Gasteiger partial charge in [-0.3, -0.25) is 4.79 Å². The minimum Gasteiger partial charge on any atom is -0.292 e. The van der Waals surface area contributed by atoms with E-state index in [1.165, 1.54) is 24.3 Å². The number of hydrogen-bond acceptors (Lipinski definition) is 3. The standard InChI is InChI=1S/C12H6F6OS2/c13-11(14,15)8-9(12(16,17)18)21-10(20-8)7(19)6-4-2-1-3-5-6/h1-5,10H. The van der Waals surface area contributed by atoms with Gasteiger partial charge in [-0.05, 0) is 0 Å². The minimum absolute atomic E-state index is 0.0763. The Kier molecular flexibility index (Phi) is 4.34. The predicted octanol–water partition coefficient (Wildman–Crippen LogP) is 5.01. The first-order chi connectivity index (χ1) is 9.60. The molecule has 1 aromatic rings. The summed E-state index contributed by atoms with van der Waals surface area (Å²) in [6.45, 7) is 0. The molecule has 9 heteroatoms. The summed E-state index contributed by atoms with van der Waals surface area (Å²) in [4.78, 5) is 8.48. The molecule has 0 radical (unpaired) electrons. The van der Waals surface area contributed by atoms with E-state index in [-0.39, 0.29) is 29.1 Å². The van der Waals surface area contributed by atoms with E-state index >= 15 is 0 Å². The molecule has 0 aliphatic carbocycles. The fraction of sp³-hybridized carbons (Fsp3) is 0.250. The number of hydrogen-bond donors (Lipinski definition) is 0. The van der Waals surface area contributed by atoms with Crippen LogP contribution in [-0.4, -0.2) is 22.7 Å². The first-order valence-electron chi connectivity index (χ1n) is 5.42. The third kappa shape index (κ3) is 3.57. The second-order valence-electron chi connectivity index (χ2n) is 3.95. The Morgan fingerprint density at radius 3 is 1.67 bits per heavy atom. The van der Waals surface area contributed by atoms with E-state index in [2.05, 4.69) is 0 Å². The molecule has 1 aliphatic rings. The van der Waals surface area contributed by atoms with Gasteiger partial charge in [-0.25, -0.2) is 0 Å². The number of thioether (sulfide) groups is 2. The average molecular weight is 344 g/mol. The number of carbonyl (C=O) groups is 1. The molecule has 1 heterocycles. The van der Waals surface area contributed by atoms with Gasteiger partial charge in [0.05, 0.1) is 0 Å². The van der Waals surface area contributed by atoms with Gasteiger partial charge in [0.25, 0.3) is 0 Å². The van der Waals surface area contributed by atoms with Crippen molar-refractivity contribution in [2.24, 2.45) is 0 Å². The molecular weight excluding hydrogens is 338 g/mol. The Balaban J connectivity index is 2.29. The maximum absolute atomic E-state index is 12.7. The first kappa shape index (κ1) is 16.3. The summed E-state index contributed by atoms with van der Waals surface area (Å²) >= 11 is -0.193. The van der Waals surface area contributed by atoms with E-state index in [4.69, 9.17) is 0 Å². The summed E-state index contributed by atoms with van der Waals surface area (Å²) in [6, 6.07) is 7.26. The Morgan fingerprint density at radius 1 is 0.857 bits per heavy atom. The number of rotatable bonds is 2. The summed E-state index contributed by atoms with van der Waals surface area (Å²) in [5, 5.41) is 0. The molecule has 0 saturated heterocycles. The Bertz CT molecular complexity index is 550. The first-order valence-corrected chi connectivity index (χ1v) is 7.18. The van der Waals surface area contributed by atoms with Crippen molar-refractivity contribution in [3.05, 3.63) is 45.7 Å². The van der Waals surface area contributed by atoms with Crippen LogP contribution in [0.4, 0.5) is 26.3 Å². The van der Waals surface area contributed by atoms with E-state index in [1.54, 1.807) is 6.07 Å². The monoisotopic (exact) mass is 344 g/mol. The van der Waals surface area contributed by atoms with Crippen LogP contribution in [0.3, 0.4) is 0 Å². The van der Waals surface area contributed by atoms with E-state index < -0.39 is 32.5 Å². The smallest absolute Gasteiger partial charge is 0.292 e. The molecule has 0 spiro atoms. The van der Waals surface area contributed by atoms with E-state index in [0.717, 1.165) is 0 Å². The number of halogens is 6. The second kappa shape index (κ2) is 5.60. The van der Waals surface area contributed by atoms with Gasteiger partial charge in [-0.2, -0.15) is 26.3 Å². The number of Topliss-reactive ketones (excluding diaryl/α,β-unsaturated/α-hetero) is 1. The maximum Gasteiger partial charge on any atom is 0.423 e. The van der Waals surface area contributed by atoms with Gasteiger partial charge in [-0.15, -0.1) is 0 Å². The zero-order chi connectivity index (χ0) is 15.8. The van der Waals surface area contributed by atoms with Gasteiger partial charge in [0, 0.05) is 5.56 Å². The molecule has 0 fully saturated rings. The van der Waals surface area contributed by atoms with Crippen LogP contribution < -0.4 is 0 Å². The fourth-order valence-corrected chi connectivity index (χ4v) is 4.27. The summed E-state index contributed by atoms with van der Waals surface area (Å²) in [7, 11) is 0. The summed E-state index contributed by atoms with van der Waals surface area (Å²) < 4.78 is 74.6. The molecule has 1 aromatic carbocycles. The highest BCUT2D eigenvalue weighted by Crippen LogP contribution is 2.57. The van der Waals surface area contributed by atoms with Gasteiger partial charge in [0.1, 0.15) is 14.4 Å². The highest BCUT2D eigenvalue weighted by molar-refractivity contribution is 8.24. The van der Waals surface area contributed by atoms with Gasteiger partial charge >= 0.3 is 12.4 Å². The van der Waals surface area contributed by atoms with Crippen molar-refractivity contribution in [2.45, 2.75) is 16.9 Å².